The Labute approximate surface area is 165 Å². The van der Waals surface area contributed by atoms with E-state index in [2.05, 4.69) is 15.5 Å². The lowest BCUT2D eigenvalue weighted by Gasteiger charge is -2.18. The van der Waals surface area contributed by atoms with Crippen LogP contribution in [0.3, 0.4) is 0 Å². The van der Waals surface area contributed by atoms with E-state index in [1.165, 1.54) is 28.8 Å². The van der Waals surface area contributed by atoms with Gasteiger partial charge in [0.2, 0.25) is 11.1 Å². The number of carbonyl (C=O) groups is 1. The SMILES string of the molecule is Cc1ccccc1-n1nnnc1SCC(=O)N(C)Cc1c(F)cccc1Cl. The maximum absolute atomic E-state index is 13.9. The fourth-order valence-electron chi connectivity index (χ4n) is 2.47. The summed E-state index contributed by atoms with van der Waals surface area (Å²) in [6.45, 7) is 2.05. The van der Waals surface area contributed by atoms with Gasteiger partial charge in [0.1, 0.15) is 5.82 Å². The fraction of sp³-hybridized carbons (Fsp3) is 0.222. The van der Waals surface area contributed by atoms with Crippen LogP contribution in [0, 0.1) is 12.7 Å². The van der Waals surface area contributed by atoms with Crippen LogP contribution in [0.2, 0.25) is 5.02 Å². The fourth-order valence-corrected chi connectivity index (χ4v) is 3.51. The average Bonchev–Trinajstić information content (AvgIpc) is 3.11. The van der Waals surface area contributed by atoms with Crippen molar-refractivity contribution >= 4 is 29.3 Å². The molecule has 140 valence electrons. The average molecular weight is 406 g/mol. The molecule has 1 heterocycles. The van der Waals surface area contributed by atoms with E-state index in [0.717, 1.165) is 11.3 Å². The van der Waals surface area contributed by atoms with Gasteiger partial charge in [-0.25, -0.2) is 4.39 Å². The standard InChI is InChI=1S/C18H17ClFN5OS/c1-12-6-3-4-9-16(12)25-18(21-22-23-25)27-11-17(26)24(2)10-13-14(19)7-5-8-15(13)20/h3-9H,10-11H2,1-2H3. The Bertz CT molecular complexity index is 944. The third-order valence-corrected chi connectivity index (χ3v) is 5.25. The first-order valence-electron chi connectivity index (χ1n) is 8.11. The number of aryl methyl sites for hydroxylation is 1. The highest BCUT2D eigenvalue weighted by Gasteiger charge is 2.17. The lowest BCUT2D eigenvalue weighted by molar-refractivity contribution is -0.127. The summed E-state index contributed by atoms with van der Waals surface area (Å²) in [6, 6.07) is 12.2. The molecular formula is C18H17ClFN5OS. The maximum Gasteiger partial charge on any atom is 0.233 e. The van der Waals surface area contributed by atoms with Gasteiger partial charge >= 0.3 is 0 Å². The van der Waals surface area contributed by atoms with Crippen molar-refractivity contribution in [3.05, 3.63) is 64.4 Å². The molecule has 0 aliphatic carbocycles. The molecule has 9 heteroatoms. The number of aromatic nitrogens is 4. The molecule has 27 heavy (non-hydrogen) atoms. The van der Waals surface area contributed by atoms with E-state index in [4.69, 9.17) is 11.6 Å². The maximum atomic E-state index is 13.9. The molecule has 0 bridgehead atoms. The molecule has 3 aromatic rings. The van der Waals surface area contributed by atoms with E-state index in [-0.39, 0.29) is 18.2 Å². The first-order valence-corrected chi connectivity index (χ1v) is 9.47. The van der Waals surface area contributed by atoms with Crippen molar-refractivity contribution in [3.63, 3.8) is 0 Å². The third-order valence-electron chi connectivity index (χ3n) is 3.99. The van der Waals surface area contributed by atoms with Gasteiger partial charge in [0.25, 0.3) is 0 Å². The number of halogens is 2. The topological polar surface area (TPSA) is 63.9 Å². The van der Waals surface area contributed by atoms with Crippen molar-refractivity contribution in [2.75, 3.05) is 12.8 Å². The zero-order chi connectivity index (χ0) is 19.4. The van der Waals surface area contributed by atoms with Crippen molar-refractivity contribution in [1.82, 2.24) is 25.1 Å². The number of hydrogen-bond acceptors (Lipinski definition) is 5. The van der Waals surface area contributed by atoms with E-state index >= 15 is 0 Å². The lowest BCUT2D eigenvalue weighted by Crippen LogP contribution is -2.28. The Morgan fingerprint density at radius 1 is 1.26 bits per heavy atom. The molecule has 0 radical (unpaired) electrons. The molecule has 0 aliphatic rings. The molecule has 0 saturated carbocycles. The van der Waals surface area contributed by atoms with Gasteiger partial charge in [-0.05, 0) is 41.1 Å². The zero-order valence-electron chi connectivity index (χ0n) is 14.8. The second kappa shape index (κ2) is 8.49. The van der Waals surface area contributed by atoms with Gasteiger partial charge in [-0.1, -0.05) is 47.6 Å². The number of tetrazole rings is 1. The number of nitrogens with zero attached hydrogens (tertiary/aromatic N) is 5. The summed E-state index contributed by atoms with van der Waals surface area (Å²) in [7, 11) is 1.61. The molecule has 0 atom stereocenters. The highest BCUT2D eigenvalue weighted by Crippen LogP contribution is 2.23. The summed E-state index contributed by atoms with van der Waals surface area (Å²) < 4.78 is 15.5. The van der Waals surface area contributed by atoms with Crippen LogP contribution in [0.1, 0.15) is 11.1 Å². The summed E-state index contributed by atoms with van der Waals surface area (Å²) >= 11 is 7.25. The van der Waals surface area contributed by atoms with Gasteiger partial charge in [-0.2, -0.15) is 4.68 Å². The van der Waals surface area contributed by atoms with Crippen LogP contribution < -0.4 is 0 Å². The van der Waals surface area contributed by atoms with Crippen molar-refractivity contribution in [1.29, 1.82) is 0 Å². The Balaban J connectivity index is 1.67. The Hall–Kier alpha value is -2.45. The minimum Gasteiger partial charge on any atom is -0.341 e. The summed E-state index contributed by atoms with van der Waals surface area (Å²) in [5.41, 5.74) is 2.16. The minimum absolute atomic E-state index is 0.0909. The molecule has 0 aliphatic heterocycles. The number of rotatable bonds is 6. The van der Waals surface area contributed by atoms with Crippen LogP contribution in [0.25, 0.3) is 5.69 Å². The molecule has 1 aromatic heterocycles. The first-order chi connectivity index (χ1) is 13.0. The molecule has 0 fully saturated rings. The number of amides is 1. The summed E-state index contributed by atoms with van der Waals surface area (Å²) in [4.78, 5) is 13.9. The molecule has 0 spiro atoms. The molecule has 3 rings (SSSR count). The van der Waals surface area contributed by atoms with Crippen LogP contribution in [-0.4, -0.2) is 43.8 Å². The van der Waals surface area contributed by atoms with Gasteiger partial charge < -0.3 is 4.90 Å². The smallest absolute Gasteiger partial charge is 0.233 e. The van der Waals surface area contributed by atoms with Gasteiger partial charge in [-0.15, -0.1) is 5.10 Å². The predicted octanol–water partition coefficient (Wildman–Crippen LogP) is 3.51. The molecule has 0 saturated heterocycles. The van der Waals surface area contributed by atoms with Crippen molar-refractivity contribution in [2.24, 2.45) is 0 Å². The van der Waals surface area contributed by atoms with E-state index in [1.54, 1.807) is 17.8 Å². The normalized spacial score (nSPS) is 10.8. The van der Waals surface area contributed by atoms with Crippen LogP contribution >= 0.6 is 23.4 Å². The zero-order valence-corrected chi connectivity index (χ0v) is 16.3. The number of carbonyl (C=O) groups excluding carboxylic acids is 1. The Kier molecular flexibility index (Phi) is 6.08. The number of hydrogen-bond donors (Lipinski definition) is 0. The van der Waals surface area contributed by atoms with Crippen LogP contribution in [0.15, 0.2) is 47.6 Å². The minimum atomic E-state index is -0.432. The molecule has 0 unspecified atom stereocenters. The van der Waals surface area contributed by atoms with Gasteiger partial charge in [0, 0.05) is 24.2 Å². The van der Waals surface area contributed by atoms with Crippen molar-refractivity contribution < 1.29 is 9.18 Å². The molecule has 6 nitrogen and oxygen atoms in total. The molecule has 0 N–H and O–H groups in total. The van der Waals surface area contributed by atoms with E-state index < -0.39 is 5.82 Å². The molecule has 1 amide bonds. The second-order valence-electron chi connectivity index (χ2n) is 5.90. The summed E-state index contributed by atoms with van der Waals surface area (Å²) in [6.07, 6.45) is 0. The summed E-state index contributed by atoms with van der Waals surface area (Å²) in [5.74, 6) is -0.494. The first kappa shape index (κ1) is 19.3. The lowest BCUT2D eigenvalue weighted by atomic mass is 10.2. The number of para-hydroxylation sites is 1. The van der Waals surface area contributed by atoms with Crippen molar-refractivity contribution in [3.8, 4) is 5.69 Å². The van der Waals surface area contributed by atoms with E-state index in [0.29, 0.717) is 15.7 Å². The summed E-state index contributed by atoms with van der Waals surface area (Å²) in [5, 5.41) is 12.5. The second-order valence-corrected chi connectivity index (χ2v) is 7.25. The van der Waals surface area contributed by atoms with E-state index in [9.17, 15) is 9.18 Å². The van der Waals surface area contributed by atoms with Gasteiger partial charge in [-0.3, -0.25) is 4.79 Å². The Morgan fingerprint density at radius 3 is 2.78 bits per heavy atom. The monoisotopic (exact) mass is 405 g/mol. The van der Waals surface area contributed by atoms with Crippen molar-refractivity contribution in [2.45, 2.75) is 18.6 Å². The Morgan fingerprint density at radius 2 is 2.04 bits per heavy atom. The number of benzene rings is 2. The third kappa shape index (κ3) is 4.45. The molecular weight excluding hydrogens is 389 g/mol. The van der Waals surface area contributed by atoms with Gasteiger partial charge in [0.05, 0.1) is 11.4 Å². The predicted molar refractivity (Wildman–Crippen MR) is 102 cm³/mol. The van der Waals surface area contributed by atoms with Crippen LogP contribution in [0.4, 0.5) is 4.39 Å². The number of thioether (sulfide) groups is 1. The van der Waals surface area contributed by atoms with E-state index in [1.807, 2.05) is 31.2 Å². The molecule has 2 aromatic carbocycles. The quantitative estimate of drug-likeness (QED) is 0.587. The van der Waals surface area contributed by atoms with Crippen LogP contribution in [0.5, 0.6) is 0 Å². The van der Waals surface area contributed by atoms with Gasteiger partial charge in [0.15, 0.2) is 0 Å². The highest BCUT2D eigenvalue weighted by molar-refractivity contribution is 7.99. The van der Waals surface area contributed by atoms with Crippen LogP contribution in [-0.2, 0) is 11.3 Å². The highest BCUT2D eigenvalue weighted by atomic mass is 35.5. The largest absolute Gasteiger partial charge is 0.341 e.